The van der Waals surface area contributed by atoms with Crippen LogP contribution in [0.4, 0.5) is 17.1 Å². The van der Waals surface area contributed by atoms with E-state index in [1.54, 1.807) is 0 Å². The molecule has 6 aromatic carbocycles. The minimum absolute atomic E-state index is 0.750. The topological polar surface area (TPSA) is 3.24 Å². The van der Waals surface area contributed by atoms with Crippen LogP contribution in [0.25, 0.3) is 51.5 Å². The van der Waals surface area contributed by atoms with Crippen molar-refractivity contribution < 1.29 is 0 Å². The fourth-order valence-corrected chi connectivity index (χ4v) is 8.00. The zero-order valence-corrected chi connectivity index (χ0v) is 23.7. The minimum atomic E-state index is 0.750. The molecule has 0 aliphatic rings. The second-order valence-electron chi connectivity index (χ2n) is 9.95. The summed E-state index contributed by atoms with van der Waals surface area (Å²) in [6, 6.07) is 47.9. The highest BCUT2D eigenvalue weighted by Gasteiger charge is 2.16. The summed E-state index contributed by atoms with van der Waals surface area (Å²) in [6.45, 7) is 0. The van der Waals surface area contributed by atoms with Crippen molar-refractivity contribution in [3.63, 3.8) is 0 Å². The van der Waals surface area contributed by atoms with Crippen LogP contribution in [0.1, 0.15) is 0 Å². The number of thiophene rings is 2. The molecule has 2 aromatic heterocycles. The van der Waals surface area contributed by atoms with Crippen molar-refractivity contribution in [2.24, 2.45) is 0 Å². The molecule has 0 saturated carbocycles. The fourth-order valence-electron chi connectivity index (χ4n) is 5.60. The van der Waals surface area contributed by atoms with Crippen LogP contribution < -0.4 is 4.90 Å². The van der Waals surface area contributed by atoms with E-state index in [0.717, 1.165) is 27.6 Å². The second-order valence-corrected chi connectivity index (χ2v) is 12.6. The summed E-state index contributed by atoms with van der Waals surface area (Å²) in [6.07, 6.45) is 0. The Morgan fingerprint density at radius 2 is 0.825 bits per heavy atom. The molecule has 0 radical (unpaired) electrons. The summed E-state index contributed by atoms with van der Waals surface area (Å²) >= 11 is 9.84. The Morgan fingerprint density at radius 3 is 1.35 bits per heavy atom. The highest BCUT2D eigenvalue weighted by atomic mass is 35.5. The summed E-state index contributed by atoms with van der Waals surface area (Å²) in [7, 11) is 0. The lowest BCUT2D eigenvalue weighted by molar-refractivity contribution is 1.30. The SMILES string of the molecule is Clc1ccc(-c2ccc(N(c3ccc4c(c3)sc3ccccc34)c3ccc4c(c3)sc3ccccc34)cc2)cc1. The number of benzene rings is 6. The van der Waals surface area contributed by atoms with Gasteiger partial charge in [-0.1, -0.05) is 84.4 Å². The van der Waals surface area contributed by atoms with E-state index < -0.39 is 0 Å². The van der Waals surface area contributed by atoms with E-state index in [1.165, 1.54) is 45.9 Å². The first-order valence-corrected chi connectivity index (χ1v) is 15.2. The summed E-state index contributed by atoms with van der Waals surface area (Å²) in [5.41, 5.74) is 5.75. The van der Waals surface area contributed by atoms with Gasteiger partial charge in [0, 0.05) is 62.4 Å². The number of fused-ring (bicyclic) bond motifs is 6. The first-order chi connectivity index (χ1) is 19.7. The highest BCUT2D eigenvalue weighted by Crippen LogP contribution is 2.43. The molecule has 0 spiro atoms. The largest absolute Gasteiger partial charge is 0.310 e. The Labute approximate surface area is 245 Å². The van der Waals surface area contributed by atoms with Crippen LogP contribution in [-0.4, -0.2) is 0 Å². The van der Waals surface area contributed by atoms with E-state index in [9.17, 15) is 0 Å². The van der Waals surface area contributed by atoms with Crippen molar-refractivity contribution in [1.29, 1.82) is 0 Å². The molecule has 8 aromatic rings. The number of hydrogen-bond donors (Lipinski definition) is 0. The van der Waals surface area contributed by atoms with Crippen molar-refractivity contribution in [3.8, 4) is 11.1 Å². The summed E-state index contributed by atoms with van der Waals surface area (Å²) < 4.78 is 5.23. The molecular formula is C36H22ClNS2. The van der Waals surface area contributed by atoms with Gasteiger partial charge in [-0.05, 0) is 71.8 Å². The third-order valence-electron chi connectivity index (χ3n) is 7.54. The van der Waals surface area contributed by atoms with Crippen molar-refractivity contribution in [2.45, 2.75) is 0 Å². The van der Waals surface area contributed by atoms with Crippen LogP contribution in [0.15, 0.2) is 133 Å². The van der Waals surface area contributed by atoms with Gasteiger partial charge in [0.1, 0.15) is 0 Å². The van der Waals surface area contributed by atoms with Gasteiger partial charge in [-0.3, -0.25) is 0 Å². The van der Waals surface area contributed by atoms with Gasteiger partial charge in [-0.25, -0.2) is 0 Å². The van der Waals surface area contributed by atoms with E-state index in [4.69, 9.17) is 11.6 Å². The Bertz CT molecular complexity index is 2060. The molecule has 40 heavy (non-hydrogen) atoms. The molecule has 0 saturated heterocycles. The molecule has 0 aliphatic heterocycles. The van der Waals surface area contributed by atoms with Crippen LogP contribution >= 0.6 is 34.3 Å². The molecule has 0 atom stereocenters. The zero-order chi connectivity index (χ0) is 26.6. The molecule has 0 aliphatic carbocycles. The number of hydrogen-bond acceptors (Lipinski definition) is 3. The summed E-state index contributed by atoms with van der Waals surface area (Å²) in [4.78, 5) is 2.37. The Hall–Kier alpha value is -4.15. The summed E-state index contributed by atoms with van der Waals surface area (Å²) in [5.74, 6) is 0. The van der Waals surface area contributed by atoms with Crippen LogP contribution in [0, 0.1) is 0 Å². The number of nitrogens with zero attached hydrogens (tertiary/aromatic N) is 1. The van der Waals surface area contributed by atoms with E-state index >= 15 is 0 Å². The molecule has 1 nitrogen and oxygen atoms in total. The molecule has 0 unspecified atom stereocenters. The van der Waals surface area contributed by atoms with E-state index in [2.05, 4.69) is 126 Å². The molecule has 0 N–H and O–H groups in total. The van der Waals surface area contributed by atoms with E-state index in [0.29, 0.717) is 0 Å². The maximum atomic E-state index is 6.13. The number of halogens is 1. The Morgan fingerprint density at radius 1 is 0.400 bits per heavy atom. The third-order valence-corrected chi connectivity index (χ3v) is 10.1. The van der Waals surface area contributed by atoms with Crippen LogP contribution in [0.5, 0.6) is 0 Å². The van der Waals surface area contributed by atoms with Gasteiger partial charge in [-0.2, -0.15) is 0 Å². The van der Waals surface area contributed by atoms with Gasteiger partial charge >= 0.3 is 0 Å². The molecule has 0 amide bonds. The Balaban J connectivity index is 1.29. The molecule has 190 valence electrons. The zero-order valence-electron chi connectivity index (χ0n) is 21.3. The van der Waals surface area contributed by atoms with Gasteiger partial charge in [0.25, 0.3) is 0 Å². The van der Waals surface area contributed by atoms with Gasteiger partial charge in [0.2, 0.25) is 0 Å². The van der Waals surface area contributed by atoms with Gasteiger partial charge in [-0.15, -0.1) is 22.7 Å². The highest BCUT2D eigenvalue weighted by molar-refractivity contribution is 7.26. The fraction of sp³-hybridized carbons (Fsp3) is 0. The Kier molecular flexibility index (Phi) is 5.63. The third kappa shape index (κ3) is 3.98. The van der Waals surface area contributed by atoms with Crippen molar-refractivity contribution in [1.82, 2.24) is 0 Å². The van der Waals surface area contributed by atoms with Crippen molar-refractivity contribution in [3.05, 3.63) is 138 Å². The maximum absolute atomic E-state index is 6.13. The molecule has 2 heterocycles. The van der Waals surface area contributed by atoms with E-state index in [-0.39, 0.29) is 0 Å². The average molecular weight is 568 g/mol. The molecular weight excluding hydrogens is 546 g/mol. The smallest absolute Gasteiger partial charge is 0.0476 e. The maximum Gasteiger partial charge on any atom is 0.0476 e. The van der Waals surface area contributed by atoms with Crippen molar-refractivity contribution >= 4 is 91.7 Å². The second kappa shape index (κ2) is 9.50. The quantitative estimate of drug-likeness (QED) is 0.204. The lowest BCUT2D eigenvalue weighted by Crippen LogP contribution is -2.09. The molecule has 0 bridgehead atoms. The average Bonchev–Trinajstić information content (AvgIpc) is 3.56. The van der Waals surface area contributed by atoms with Gasteiger partial charge in [0.15, 0.2) is 0 Å². The predicted octanol–water partition coefficient (Wildman–Crippen LogP) is 12.2. The normalized spacial score (nSPS) is 11.6. The molecule has 0 fully saturated rings. The lowest BCUT2D eigenvalue weighted by atomic mass is 10.0. The van der Waals surface area contributed by atoms with Crippen LogP contribution in [0.2, 0.25) is 5.02 Å². The molecule has 8 rings (SSSR count). The minimum Gasteiger partial charge on any atom is -0.310 e. The van der Waals surface area contributed by atoms with Gasteiger partial charge < -0.3 is 4.90 Å². The monoisotopic (exact) mass is 567 g/mol. The number of rotatable bonds is 4. The first kappa shape index (κ1) is 23.7. The van der Waals surface area contributed by atoms with Crippen LogP contribution in [-0.2, 0) is 0 Å². The lowest BCUT2D eigenvalue weighted by Gasteiger charge is -2.26. The summed E-state index contributed by atoms with van der Waals surface area (Å²) in [5, 5.41) is 6.00. The first-order valence-electron chi connectivity index (χ1n) is 13.2. The number of anilines is 3. The van der Waals surface area contributed by atoms with E-state index in [1.807, 2.05) is 34.8 Å². The van der Waals surface area contributed by atoms with Crippen molar-refractivity contribution in [2.75, 3.05) is 4.90 Å². The van der Waals surface area contributed by atoms with Crippen LogP contribution in [0.3, 0.4) is 0 Å². The molecule has 4 heteroatoms. The predicted molar refractivity (Wildman–Crippen MR) is 177 cm³/mol. The standard InChI is InChI=1S/C36H22ClNS2/c37-25-13-9-23(10-14-25)24-11-15-26(16-12-24)38(27-17-19-31-29-5-1-3-7-33(29)39-35(31)21-27)28-18-20-32-30-6-2-4-8-34(30)40-36(32)22-28/h1-22H. The van der Waals surface area contributed by atoms with Gasteiger partial charge in [0.05, 0.1) is 0 Å².